The first-order valence-electron chi connectivity index (χ1n) is 6.85. The Hall–Kier alpha value is -0.970. The van der Waals surface area contributed by atoms with Gasteiger partial charge < -0.3 is 15.3 Å². The fourth-order valence-corrected chi connectivity index (χ4v) is 1.75. The summed E-state index contributed by atoms with van der Waals surface area (Å²) in [5.41, 5.74) is 0.744. The summed E-state index contributed by atoms with van der Waals surface area (Å²) in [6.07, 6.45) is 0.466. The molecule has 0 amide bonds. The minimum Gasteiger partial charge on any atom is -0.387 e. The van der Waals surface area contributed by atoms with Gasteiger partial charge in [0.05, 0.1) is 6.10 Å². The quantitative estimate of drug-likeness (QED) is 0.709. The third-order valence-electron chi connectivity index (χ3n) is 3.34. The van der Waals surface area contributed by atoms with Gasteiger partial charge in [0.15, 0.2) is 0 Å². The highest BCUT2D eigenvalue weighted by Gasteiger charge is 2.07. The van der Waals surface area contributed by atoms with E-state index >= 15 is 0 Å². The fraction of sp³-hybridized carbons (Fsp3) is 0.600. The van der Waals surface area contributed by atoms with Crippen molar-refractivity contribution < 1.29 is 9.50 Å². The van der Waals surface area contributed by atoms with E-state index in [-0.39, 0.29) is 5.82 Å². The van der Waals surface area contributed by atoms with Crippen LogP contribution in [0.25, 0.3) is 0 Å². The van der Waals surface area contributed by atoms with Crippen molar-refractivity contribution in [1.82, 2.24) is 10.2 Å². The predicted octanol–water partition coefficient (Wildman–Crippen LogP) is 2.18. The van der Waals surface area contributed by atoms with Crippen LogP contribution < -0.4 is 5.32 Å². The van der Waals surface area contributed by atoms with E-state index in [4.69, 9.17) is 0 Å². The van der Waals surface area contributed by atoms with E-state index in [1.807, 2.05) is 0 Å². The Morgan fingerprint density at radius 2 is 1.89 bits per heavy atom. The van der Waals surface area contributed by atoms with Crippen LogP contribution in [0.5, 0.6) is 0 Å². The van der Waals surface area contributed by atoms with Crippen LogP contribution >= 0.6 is 0 Å². The van der Waals surface area contributed by atoms with Gasteiger partial charge in [-0.3, -0.25) is 0 Å². The molecule has 0 aromatic heterocycles. The predicted molar refractivity (Wildman–Crippen MR) is 76.6 cm³/mol. The monoisotopic (exact) mass is 268 g/mol. The smallest absolute Gasteiger partial charge is 0.123 e. The fourth-order valence-electron chi connectivity index (χ4n) is 1.75. The summed E-state index contributed by atoms with van der Waals surface area (Å²) in [5, 5.41) is 13.1. The summed E-state index contributed by atoms with van der Waals surface area (Å²) in [6.45, 7) is 6.75. The van der Waals surface area contributed by atoms with Crippen molar-refractivity contribution in [1.29, 1.82) is 0 Å². The highest BCUT2D eigenvalue weighted by atomic mass is 19.1. The Morgan fingerprint density at radius 1 is 1.26 bits per heavy atom. The molecule has 0 saturated carbocycles. The van der Waals surface area contributed by atoms with Crippen LogP contribution in [0.4, 0.5) is 4.39 Å². The summed E-state index contributed by atoms with van der Waals surface area (Å²) < 4.78 is 12.7. The Bertz CT molecular complexity index is 354. The van der Waals surface area contributed by atoms with Gasteiger partial charge in [0, 0.05) is 12.6 Å². The maximum atomic E-state index is 12.7. The molecule has 2 N–H and O–H groups in total. The molecule has 1 unspecified atom stereocenters. The SMILES string of the molecule is CC(C)N(C)CCCNCC(O)c1ccc(F)cc1. The van der Waals surface area contributed by atoms with Gasteiger partial charge >= 0.3 is 0 Å². The largest absolute Gasteiger partial charge is 0.387 e. The number of benzene rings is 1. The second-order valence-corrected chi connectivity index (χ2v) is 5.20. The zero-order valence-electron chi connectivity index (χ0n) is 12.1. The van der Waals surface area contributed by atoms with Crippen molar-refractivity contribution in [3.8, 4) is 0 Å². The maximum Gasteiger partial charge on any atom is 0.123 e. The van der Waals surface area contributed by atoms with Gasteiger partial charge in [-0.2, -0.15) is 0 Å². The summed E-state index contributed by atoms with van der Waals surface area (Å²) in [7, 11) is 2.11. The third-order valence-corrected chi connectivity index (χ3v) is 3.34. The molecule has 4 heteroatoms. The number of halogens is 1. The Labute approximate surface area is 115 Å². The molecule has 0 saturated heterocycles. The van der Waals surface area contributed by atoms with Crippen LogP contribution in [0.3, 0.4) is 0 Å². The zero-order chi connectivity index (χ0) is 14.3. The normalized spacial score (nSPS) is 13.2. The van der Waals surface area contributed by atoms with Gasteiger partial charge in [-0.15, -0.1) is 0 Å². The molecule has 1 atom stereocenters. The number of hydrogen-bond donors (Lipinski definition) is 2. The van der Waals surface area contributed by atoms with E-state index in [0.29, 0.717) is 12.6 Å². The molecule has 0 radical (unpaired) electrons. The second-order valence-electron chi connectivity index (χ2n) is 5.20. The highest BCUT2D eigenvalue weighted by Crippen LogP contribution is 2.12. The lowest BCUT2D eigenvalue weighted by Crippen LogP contribution is -2.30. The molecule has 3 nitrogen and oxygen atoms in total. The van der Waals surface area contributed by atoms with Crippen LogP contribution in [0.15, 0.2) is 24.3 Å². The number of nitrogens with zero attached hydrogens (tertiary/aromatic N) is 1. The van der Waals surface area contributed by atoms with E-state index in [9.17, 15) is 9.50 Å². The highest BCUT2D eigenvalue weighted by molar-refractivity contribution is 5.18. The van der Waals surface area contributed by atoms with Crippen molar-refractivity contribution in [2.24, 2.45) is 0 Å². The van der Waals surface area contributed by atoms with Crippen molar-refractivity contribution in [3.63, 3.8) is 0 Å². The van der Waals surface area contributed by atoms with E-state index in [1.54, 1.807) is 12.1 Å². The molecule has 0 aliphatic carbocycles. The van der Waals surface area contributed by atoms with Crippen LogP contribution in [0.1, 0.15) is 31.9 Å². The van der Waals surface area contributed by atoms with Crippen molar-refractivity contribution in [3.05, 3.63) is 35.6 Å². The lowest BCUT2D eigenvalue weighted by atomic mass is 10.1. The standard InChI is InChI=1S/C15H25FN2O/c1-12(2)18(3)10-4-9-17-11-15(19)13-5-7-14(16)8-6-13/h5-8,12,15,17,19H,4,9-11H2,1-3H3. The third kappa shape index (κ3) is 6.14. The van der Waals surface area contributed by atoms with E-state index in [0.717, 1.165) is 25.1 Å². The van der Waals surface area contributed by atoms with Crippen molar-refractivity contribution >= 4 is 0 Å². The molecule has 0 bridgehead atoms. The van der Waals surface area contributed by atoms with Gasteiger partial charge in [-0.05, 0) is 58.1 Å². The van der Waals surface area contributed by atoms with E-state index < -0.39 is 6.10 Å². The van der Waals surface area contributed by atoms with Gasteiger partial charge in [0.2, 0.25) is 0 Å². The van der Waals surface area contributed by atoms with Crippen molar-refractivity contribution in [2.45, 2.75) is 32.4 Å². The lowest BCUT2D eigenvalue weighted by molar-refractivity contribution is 0.173. The van der Waals surface area contributed by atoms with Crippen LogP contribution in [-0.4, -0.2) is 42.7 Å². The van der Waals surface area contributed by atoms with Gasteiger partial charge in [0.25, 0.3) is 0 Å². The minimum atomic E-state index is -0.580. The minimum absolute atomic E-state index is 0.277. The number of aliphatic hydroxyl groups excluding tert-OH is 1. The van der Waals surface area contributed by atoms with Crippen molar-refractivity contribution in [2.75, 3.05) is 26.7 Å². The lowest BCUT2D eigenvalue weighted by Gasteiger charge is -2.21. The number of nitrogens with one attached hydrogen (secondary N) is 1. The Morgan fingerprint density at radius 3 is 2.47 bits per heavy atom. The molecule has 0 aliphatic heterocycles. The topological polar surface area (TPSA) is 35.5 Å². The molecule has 0 heterocycles. The van der Waals surface area contributed by atoms with Crippen LogP contribution in [-0.2, 0) is 0 Å². The first-order valence-corrected chi connectivity index (χ1v) is 6.85. The van der Waals surface area contributed by atoms with E-state index in [1.165, 1.54) is 12.1 Å². The van der Waals surface area contributed by atoms with Crippen LogP contribution in [0, 0.1) is 5.82 Å². The molecule has 0 aliphatic rings. The molecule has 108 valence electrons. The summed E-state index contributed by atoms with van der Waals surface area (Å²) >= 11 is 0. The number of hydrogen-bond acceptors (Lipinski definition) is 3. The molecule has 1 rings (SSSR count). The van der Waals surface area contributed by atoms with Gasteiger partial charge in [-0.1, -0.05) is 12.1 Å². The van der Waals surface area contributed by atoms with Gasteiger partial charge in [-0.25, -0.2) is 4.39 Å². The second kappa shape index (κ2) is 8.25. The molecule has 0 fully saturated rings. The number of aliphatic hydroxyl groups is 1. The molecule has 1 aromatic rings. The maximum absolute atomic E-state index is 12.7. The van der Waals surface area contributed by atoms with E-state index in [2.05, 4.69) is 31.1 Å². The first kappa shape index (κ1) is 16.1. The molecule has 0 spiro atoms. The van der Waals surface area contributed by atoms with Gasteiger partial charge in [0.1, 0.15) is 5.82 Å². The van der Waals surface area contributed by atoms with Crippen LogP contribution in [0.2, 0.25) is 0 Å². The first-order chi connectivity index (χ1) is 9.00. The summed E-state index contributed by atoms with van der Waals surface area (Å²) in [4.78, 5) is 2.29. The number of rotatable bonds is 8. The molecular formula is C15H25FN2O. The molecular weight excluding hydrogens is 243 g/mol. The summed E-state index contributed by atoms with van der Waals surface area (Å²) in [6, 6.07) is 6.54. The molecule has 1 aromatic carbocycles. The average molecular weight is 268 g/mol. The Kier molecular flexibility index (Phi) is 6.99. The average Bonchev–Trinajstić information content (AvgIpc) is 2.38. The summed E-state index contributed by atoms with van der Waals surface area (Å²) in [5.74, 6) is -0.277. The zero-order valence-corrected chi connectivity index (χ0v) is 12.1. The Balaban J connectivity index is 2.17. The molecule has 19 heavy (non-hydrogen) atoms.